The van der Waals surface area contributed by atoms with Gasteiger partial charge in [-0.1, -0.05) is 6.07 Å². The van der Waals surface area contributed by atoms with Crippen molar-refractivity contribution >= 4 is 29.3 Å². The highest BCUT2D eigenvalue weighted by molar-refractivity contribution is 7.80. The van der Waals surface area contributed by atoms with Crippen molar-refractivity contribution in [3.05, 3.63) is 58.5 Å². The molecule has 0 atom stereocenters. The molecule has 0 aliphatic carbocycles. The molecule has 2 heterocycles. The van der Waals surface area contributed by atoms with Crippen LogP contribution in [0.2, 0.25) is 0 Å². The molecule has 1 amide bonds. The summed E-state index contributed by atoms with van der Waals surface area (Å²) in [6.07, 6.45) is -2.78. The van der Waals surface area contributed by atoms with Gasteiger partial charge in [0.2, 0.25) is 0 Å². The largest absolute Gasteiger partial charge is 0.416 e. The van der Waals surface area contributed by atoms with Crippen molar-refractivity contribution in [3.8, 4) is 5.69 Å². The minimum Gasteiger partial charge on any atom is -0.328 e. The third kappa shape index (κ3) is 3.30. The number of nitrogens with one attached hydrogen (secondary N) is 2. The Bertz CT molecular complexity index is 912. The van der Waals surface area contributed by atoms with E-state index >= 15 is 0 Å². The van der Waals surface area contributed by atoms with Gasteiger partial charge in [0.15, 0.2) is 5.11 Å². The molecule has 0 unspecified atom stereocenters. The number of halogens is 3. The Balaban J connectivity index is 2.06. The summed E-state index contributed by atoms with van der Waals surface area (Å²) in [6, 6.07) is 6.93. The minimum absolute atomic E-state index is 0.225. The summed E-state index contributed by atoms with van der Waals surface area (Å²) in [7, 11) is 0. The van der Waals surface area contributed by atoms with E-state index < -0.39 is 11.7 Å². The number of aromatic nitrogens is 1. The molecule has 8 heteroatoms. The van der Waals surface area contributed by atoms with E-state index in [1.807, 2.05) is 0 Å². The van der Waals surface area contributed by atoms with Gasteiger partial charge in [0.05, 0.1) is 5.56 Å². The molecule has 3 rings (SSSR count). The summed E-state index contributed by atoms with van der Waals surface area (Å²) in [5.41, 5.74) is 2.20. The van der Waals surface area contributed by atoms with Crippen LogP contribution in [0.3, 0.4) is 0 Å². The van der Waals surface area contributed by atoms with Crippen molar-refractivity contribution < 1.29 is 18.0 Å². The lowest BCUT2D eigenvalue weighted by Crippen LogP contribution is -2.21. The second kappa shape index (κ2) is 6.03. The fraction of sp³-hybridized carbons (Fsp3) is 0.176. The van der Waals surface area contributed by atoms with Gasteiger partial charge in [0.1, 0.15) is 5.70 Å². The van der Waals surface area contributed by atoms with Crippen LogP contribution in [-0.2, 0) is 11.0 Å². The number of aryl methyl sites for hydroxylation is 1. The Kier molecular flexibility index (Phi) is 4.16. The van der Waals surface area contributed by atoms with Crippen LogP contribution in [-0.4, -0.2) is 15.6 Å². The smallest absolute Gasteiger partial charge is 0.328 e. The van der Waals surface area contributed by atoms with Crippen molar-refractivity contribution in [2.24, 2.45) is 0 Å². The second-order valence-corrected chi connectivity index (χ2v) is 6.08. The van der Waals surface area contributed by atoms with Crippen LogP contribution in [0, 0.1) is 13.8 Å². The quantitative estimate of drug-likeness (QED) is 0.633. The normalized spacial score (nSPS) is 16.3. The number of carbonyl (C=O) groups excluding carboxylic acids is 1. The third-order valence-electron chi connectivity index (χ3n) is 3.92. The molecule has 2 aromatic rings. The highest BCUT2D eigenvalue weighted by Gasteiger charge is 2.30. The Morgan fingerprint density at radius 2 is 1.88 bits per heavy atom. The van der Waals surface area contributed by atoms with Gasteiger partial charge >= 0.3 is 6.18 Å². The number of rotatable bonds is 2. The van der Waals surface area contributed by atoms with Crippen molar-refractivity contribution in [2.75, 3.05) is 0 Å². The molecule has 0 spiro atoms. The van der Waals surface area contributed by atoms with Gasteiger partial charge in [-0.2, -0.15) is 13.2 Å². The van der Waals surface area contributed by atoms with E-state index in [-0.39, 0.29) is 11.0 Å². The summed E-state index contributed by atoms with van der Waals surface area (Å²) in [6.45, 7) is 3.58. The number of amides is 1. The molecule has 2 N–H and O–H groups in total. The molecule has 1 aromatic carbocycles. The van der Waals surface area contributed by atoms with E-state index in [1.54, 1.807) is 36.6 Å². The summed E-state index contributed by atoms with van der Waals surface area (Å²) < 4.78 is 40.6. The van der Waals surface area contributed by atoms with Crippen molar-refractivity contribution in [2.45, 2.75) is 20.0 Å². The van der Waals surface area contributed by atoms with Crippen LogP contribution >= 0.6 is 12.2 Å². The summed E-state index contributed by atoms with van der Waals surface area (Å²) in [4.78, 5) is 11.8. The predicted molar refractivity (Wildman–Crippen MR) is 92.1 cm³/mol. The predicted octanol–water partition coefficient (Wildman–Crippen LogP) is 3.46. The molecular formula is C17H14F3N3OS. The molecule has 1 aliphatic rings. The molecule has 25 heavy (non-hydrogen) atoms. The van der Waals surface area contributed by atoms with Crippen LogP contribution in [0.5, 0.6) is 0 Å². The summed E-state index contributed by atoms with van der Waals surface area (Å²) in [5, 5.41) is 5.44. The van der Waals surface area contributed by atoms with Crippen molar-refractivity contribution in [1.29, 1.82) is 0 Å². The van der Waals surface area contributed by atoms with Crippen LogP contribution in [0.1, 0.15) is 22.5 Å². The second-order valence-electron chi connectivity index (χ2n) is 5.68. The van der Waals surface area contributed by atoms with Crippen molar-refractivity contribution in [1.82, 2.24) is 15.2 Å². The summed E-state index contributed by atoms with van der Waals surface area (Å²) >= 11 is 4.88. The van der Waals surface area contributed by atoms with E-state index in [0.717, 1.165) is 29.1 Å². The van der Waals surface area contributed by atoms with Crippen LogP contribution in [0.4, 0.5) is 13.2 Å². The highest BCUT2D eigenvalue weighted by Crippen LogP contribution is 2.31. The van der Waals surface area contributed by atoms with Gasteiger partial charge in [0, 0.05) is 17.1 Å². The molecule has 1 fully saturated rings. The molecule has 1 aliphatic heterocycles. The lowest BCUT2D eigenvalue weighted by Gasteiger charge is -2.13. The first-order valence-electron chi connectivity index (χ1n) is 7.37. The Morgan fingerprint density at radius 1 is 1.16 bits per heavy atom. The maximum absolute atomic E-state index is 13.0. The SMILES string of the molecule is Cc1cc(/C=C2\NC(=S)NC2=O)c(C)n1-c1cccc(C(F)(F)F)c1. The Morgan fingerprint density at radius 3 is 2.48 bits per heavy atom. The molecule has 0 saturated carbocycles. The number of benzene rings is 1. The zero-order valence-electron chi connectivity index (χ0n) is 13.4. The van der Waals surface area contributed by atoms with Crippen molar-refractivity contribution in [3.63, 3.8) is 0 Å². The Labute approximate surface area is 147 Å². The van der Waals surface area contributed by atoms with E-state index in [0.29, 0.717) is 11.4 Å². The Hall–Kier alpha value is -2.61. The zero-order valence-corrected chi connectivity index (χ0v) is 14.2. The lowest BCUT2D eigenvalue weighted by atomic mass is 10.2. The van der Waals surface area contributed by atoms with Crippen LogP contribution in [0.15, 0.2) is 36.0 Å². The average Bonchev–Trinajstić information content (AvgIpc) is 2.97. The monoisotopic (exact) mass is 365 g/mol. The number of carbonyl (C=O) groups is 1. The number of nitrogens with zero attached hydrogens (tertiary/aromatic N) is 1. The zero-order chi connectivity index (χ0) is 18.4. The molecule has 0 radical (unpaired) electrons. The van der Waals surface area contributed by atoms with Gasteiger partial charge < -0.3 is 9.88 Å². The van der Waals surface area contributed by atoms with Gasteiger partial charge in [-0.05, 0) is 62.0 Å². The van der Waals surface area contributed by atoms with Crippen LogP contribution < -0.4 is 10.6 Å². The van der Waals surface area contributed by atoms with Gasteiger partial charge in [-0.15, -0.1) is 0 Å². The fourth-order valence-electron chi connectivity index (χ4n) is 2.79. The highest BCUT2D eigenvalue weighted by atomic mass is 32.1. The first kappa shape index (κ1) is 17.2. The van der Waals surface area contributed by atoms with Gasteiger partial charge in [-0.25, -0.2) is 0 Å². The standard InChI is InChI=1S/C17H14F3N3OS/c1-9-6-11(7-14-15(24)22-16(25)21-14)10(2)23(9)13-5-3-4-12(8-13)17(18,19)20/h3-8H,1-2H3,(H2,21,22,24,25)/b14-7-. The van der Waals surface area contributed by atoms with E-state index in [4.69, 9.17) is 12.2 Å². The first-order valence-corrected chi connectivity index (χ1v) is 7.78. The average molecular weight is 365 g/mol. The number of alkyl halides is 3. The van der Waals surface area contributed by atoms with E-state index in [2.05, 4.69) is 10.6 Å². The molecule has 1 aromatic heterocycles. The molecular weight excluding hydrogens is 351 g/mol. The topological polar surface area (TPSA) is 46.1 Å². The maximum Gasteiger partial charge on any atom is 0.416 e. The molecule has 0 bridgehead atoms. The van der Waals surface area contributed by atoms with Gasteiger partial charge in [0.25, 0.3) is 5.91 Å². The fourth-order valence-corrected chi connectivity index (χ4v) is 2.99. The van der Waals surface area contributed by atoms with Crippen LogP contribution in [0.25, 0.3) is 11.8 Å². The molecule has 130 valence electrons. The summed E-state index contributed by atoms with van der Waals surface area (Å²) in [5.74, 6) is -0.339. The third-order valence-corrected chi connectivity index (χ3v) is 4.13. The minimum atomic E-state index is -4.41. The number of hydrogen-bond donors (Lipinski definition) is 2. The molecule has 1 saturated heterocycles. The van der Waals surface area contributed by atoms with Gasteiger partial charge in [-0.3, -0.25) is 10.1 Å². The lowest BCUT2D eigenvalue weighted by molar-refractivity contribution is -0.137. The van der Waals surface area contributed by atoms with E-state index in [1.165, 1.54) is 6.07 Å². The first-order chi connectivity index (χ1) is 11.7. The number of hydrogen-bond acceptors (Lipinski definition) is 2. The number of thiocarbonyl (C=S) groups is 1. The van der Waals surface area contributed by atoms with E-state index in [9.17, 15) is 18.0 Å². The molecule has 4 nitrogen and oxygen atoms in total. The maximum atomic E-state index is 13.0.